The maximum absolute atomic E-state index is 4.88. The molecule has 9 rings (SSSR count). The maximum atomic E-state index is 4.88. The van der Waals surface area contributed by atoms with Crippen molar-refractivity contribution in [2.24, 2.45) is 0 Å². The lowest BCUT2D eigenvalue weighted by molar-refractivity contribution is 1.27. The molecule has 1 heterocycles. The Balaban J connectivity index is 1.09. The highest BCUT2D eigenvalue weighted by molar-refractivity contribution is 5.89. The summed E-state index contributed by atoms with van der Waals surface area (Å²) in [6, 6.07) is 64.6. The normalized spacial score (nSPS) is 11.3. The lowest BCUT2D eigenvalue weighted by Crippen LogP contribution is -2.09. The minimum Gasteiger partial charge on any atom is -0.311 e. The molecule has 0 saturated heterocycles. The Kier molecular flexibility index (Phi) is 7.14. The molecule has 0 fully saturated rings. The first kappa shape index (κ1) is 28.6. The molecule has 0 aliphatic heterocycles. The summed E-state index contributed by atoms with van der Waals surface area (Å²) >= 11 is 0. The Morgan fingerprint density at radius 3 is 1.24 bits per heavy atom. The molecule has 3 nitrogen and oxygen atoms in total. The van der Waals surface area contributed by atoms with Gasteiger partial charge in [0.25, 0.3) is 0 Å². The number of benzene rings is 8. The highest BCUT2D eigenvalue weighted by atomic mass is 15.1. The van der Waals surface area contributed by atoms with E-state index < -0.39 is 0 Å². The second kappa shape index (κ2) is 12.2. The van der Waals surface area contributed by atoms with E-state index in [0.29, 0.717) is 0 Å². The van der Waals surface area contributed by atoms with Crippen LogP contribution in [0.25, 0.3) is 66.1 Å². The summed E-state index contributed by atoms with van der Waals surface area (Å²) in [6.45, 7) is 0. The van der Waals surface area contributed by atoms with Crippen LogP contribution in [0.15, 0.2) is 188 Å². The molecular weight excluding hydrogens is 595 g/mol. The monoisotopic (exact) mass is 625 g/mol. The van der Waals surface area contributed by atoms with Gasteiger partial charge in [-0.15, -0.1) is 0 Å². The van der Waals surface area contributed by atoms with Crippen molar-refractivity contribution in [1.29, 1.82) is 0 Å². The van der Waals surface area contributed by atoms with Crippen LogP contribution < -0.4 is 4.90 Å². The number of rotatable bonds is 6. The first-order valence-corrected chi connectivity index (χ1v) is 16.6. The minimum absolute atomic E-state index is 0.858. The minimum atomic E-state index is 0.858. The number of hydrogen-bond acceptors (Lipinski definition) is 3. The van der Waals surface area contributed by atoms with Gasteiger partial charge in [-0.2, -0.15) is 0 Å². The fourth-order valence-corrected chi connectivity index (χ4v) is 6.67. The number of aromatic nitrogens is 2. The van der Waals surface area contributed by atoms with Crippen molar-refractivity contribution in [2.45, 2.75) is 0 Å². The molecule has 0 N–H and O–H groups in total. The van der Waals surface area contributed by atoms with E-state index in [1.807, 2.05) is 30.5 Å². The van der Waals surface area contributed by atoms with E-state index in [-0.39, 0.29) is 0 Å². The molecule has 1 aromatic heterocycles. The summed E-state index contributed by atoms with van der Waals surface area (Å²) in [6.07, 6.45) is 1.85. The molecule has 49 heavy (non-hydrogen) atoms. The maximum Gasteiger partial charge on any atom is 0.0894 e. The average molecular weight is 626 g/mol. The Bertz CT molecular complexity index is 2300. The molecule has 0 bridgehead atoms. The lowest BCUT2D eigenvalue weighted by Gasteiger charge is -2.26. The quantitative estimate of drug-likeness (QED) is 0.184. The molecule has 3 heteroatoms. The van der Waals surface area contributed by atoms with Crippen LogP contribution in [0.2, 0.25) is 0 Å². The van der Waals surface area contributed by atoms with Gasteiger partial charge in [-0.05, 0) is 104 Å². The molecule has 230 valence electrons. The van der Waals surface area contributed by atoms with Crippen molar-refractivity contribution in [3.8, 4) is 33.5 Å². The van der Waals surface area contributed by atoms with Gasteiger partial charge in [0.05, 0.1) is 22.9 Å². The summed E-state index contributed by atoms with van der Waals surface area (Å²) in [5, 5.41) is 4.99. The molecule has 0 unspecified atom stereocenters. The third kappa shape index (κ3) is 5.58. The number of anilines is 3. The number of para-hydroxylation sites is 2. The summed E-state index contributed by atoms with van der Waals surface area (Å²) in [5.74, 6) is 0. The van der Waals surface area contributed by atoms with Gasteiger partial charge in [0.2, 0.25) is 0 Å². The molecule has 0 amide bonds. The van der Waals surface area contributed by atoms with Crippen LogP contribution in [0.3, 0.4) is 0 Å². The van der Waals surface area contributed by atoms with Gasteiger partial charge >= 0.3 is 0 Å². The number of hydrogen-bond donors (Lipinski definition) is 0. The van der Waals surface area contributed by atoms with E-state index in [2.05, 4.69) is 168 Å². The van der Waals surface area contributed by atoms with Crippen LogP contribution in [0, 0.1) is 0 Å². The van der Waals surface area contributed by atoms with Crippen LogP contribution in [0.4, 0.5) is 17.1 Å². The van der Waals surface area contributed by atoms with Crippen molar-refractivity contribution < 1.29 is 0 Å². The summed E-state index contributed by atoms with van der Waals surface area (Å²) in [7, 11) is 0. The molecule has 9 aromatic rings. The van der Waals surface area contributed by atoms with Crippen LogP contribution in [-0.2, 0) is 0 Å². The standard InChI is InChI=1S/C46H31N3/c1-3-9-37-29-39(15-13-32(37)7-1)34-17-23-41(24-18-34)49(42-25-19-35(20-26-42)40-16-14-33-8-2-4-10-38(33)30-40)43-27-21-36(22-28-43)46-31-47-44-11-5-6-12-45(44)48-46/h1-31H. The summed E-state index contributed by atoms with van der Waals surface area (Å²) in [5.41, 5.74) is 11.7. The Morgan fingerprint density at radius 1 is 0.327 bits per heavy atom. The smallest absolute Gasteiger partial charge is 0.0894 e. The topological polar surface area (TPSA) is 29.0 Å². The van der Waals surface area contributed by atoms with E-state index >= 15 is 0 Å². The first-order chi connectivity index (χ1) is 24.2. The van der Waals surface area contributed by atoms with Crippen molar-refractivity contribution in [1.82, 2.24) is 9.97 Å². The fraction of sp³-hybridized carbons (Fsp3) is 0. The van der Waals surface area contributed by atoms with Crippen LogP contribution in [0.1, 0.15) is 0 Å². The third-order valence-electron chi connectivity index (χ3n) is 9.29. The van der Waals surface area contributed by atoms with Gasteiger partial charge in [-0.3, -0.25) is 4.98 Å². The van der Waals surface area contributed by atoms with E-state index in [0.717, 1.165) is 39.4 Å². The Labute approximate surface area is 285 Å². The van der Waals surface area contributed by atoms with Gasteiger partial charge in [-0.25, -0.2) is 4.98 Å². The zero-order valence-corrected chi connectivity index (χ0v) is 26.7. The second-order valence-electron chi connectivity index (χ2n) is 12.3. The summed E-state index contributed by atoms with van der Waals surface area (Å²) < 4.78 is 0. The molecule has 0 saturated carbocycles. The van der Waals surface area contributed by atoms with E-state index in [9.17, 15) is 0 Å². The zero-order valence-electron chi connectivity index (χ0n) is 26.7. The predicted octanol–water partition coefficient (Wildman–Crippen LogP) is 12.4. The van der Waals surface area contributed by atoms with E-state index in [4.69, 9.17) is 4.98 Å². The van der Waals surface area contributed by atoms with Gasteiger partial charge in [0.15, 0.2) is 0 Å². The van der Waals surface area contributed by atoms with Crippen molar-refractivity contribution in [3.05, 3.63) is 188 Å². The SMILES string of the molecule is c1ccc2cc(-c3ccc(N(c4ccc(-c5ccc6ccccc6c5)cc4)c4ccc(-c5cnc6ccccc6n5)cc4)cc3)ccc2c1. The first-order valence-electron chi connectivity index (χ1n) is 16.6. The Morgan fingerprint density at radius 2 is 0.735 bits per heavy atom. The van der Waals surface area contributed by atoms with Gasteiger partial charge in [0, 0.05) is 22.6 Å². The number of fused-ring (bicyclic) bond motifs is 3. The third-order valence-corrected chi connectivity index (χ3v) is 9.29. The van der Waals surface area contributed by atoms with Gasteiger partial charge in [-0.1, -0.05) is 121 Å². The lowest BCUT2D eigenvalue weighted by atomic mass is 10.00. The molecule has 0 atom stereocenters. The summed E-state index contributed by atoms with van der Waals surface area (Å²) in [4.78, 5) is 11.8. The van der Waals surface area contributed by atoms with E-state index in [1.54, 1.807) is 0 Å². The molecule has 0 radical (unpaired) electrons. The molecule has 8 aromatic carbocycles. The Hall–Kier alpha value is -6.58. The van der Waals surface area contributed by atoms with Gasteiger partial charge < -0.3 is 4.90 Å². The van der Waals surface area contributed by atoms with Crippen LogP contribution >= 0.6 is 0 Å². The zero-order chi connectivity index (χ0) is 32.6. The highest BCUT2D eigenvalue weighted by Gasteiger charge is 2.14. The molecular formula is C46H31N3. The van der Waals surface area contributed by atoms with Gasteiger partial charge in [0.1, 0.15) is 0 Å². The van der Waals surface area contributed by atoms with Crippen LogP contribution in [0.5, 0.6) is 0 Å². The predicted molar refractivity (Wildman–Crippen MR) is 206 cm³/mol. The highest BCUT2D eigenvalue weighted by Crippen LogP contribution is 2.38. The molecule has 0 aliphatic rings. The average Bonchev–Trinajstić information content (AvgIpc) is 3.18. The fourth-order valence-electron chi connectivity index (χ4n) is 6.67. The van der Waals surface area contributed by atoms with Crippen molar-refractivity contribution in [3.63, 3.8) is 0 Å². The van der Waals surface area contributed by atoms with Crippen molar-refractivity contribution >= 4 is 49.6 Å². The van der Waals surface area contributed by atoms with Crippen LogP contribution in [-0.4, -0.2) is 9.97 Å². The second-order valence-corrected chi connectivity index (χ2v) is 12.3. The molecule has 0 aliphatic carbocycles. The van der Waals surface area contributed by atoms with E-state index in [1.165, 1.54) is 43.8 Å². The number of nitrogens with zero attached hydrogens (tertiary/aromatic N) is 3. The van der Waals surface area contributed by atoms with Crippen molar-refractivity contribution in [2.75, 3.05) is 4.90 Å². The molecule has 0 spiro atoms. The largest absolute Gasteiger partial charge is 0.311 e.